The number of thiazole rings is 1. The van der Waals surface area contributed by atoms with Gasteiger partial charge in [-0.1, -0.05) is 11.6 Å². The average Bonchev–Trinajstić information content (AvgIpc) is 2.74. The highest BCUT2D eigenvalue weighted by Crippen LogP contribution is 2.25. The minimum atomic E-state index is -0.412. The zero-order valence-electron chi connectivity index (χ0n) is 8.89. The highest BCUT2D eigenvalue weighted by Gasteiger charge is 2.09. The molecule has 1 N–H and O–H groups in total. The predicted octanol–water partition coefficient (Wildman–Crippen LogP) is 3.92. The van der Waals surface area contributed by atoms with Gasteiger partial charge in [-0.05, 0) is 28.7 Å². The van der Waals surface area contributed by atoms with Gasteiger partial charge in [0.15, 0.2) is 4.47 Å². The van der Waals surface area contributed by atoms with Crippen molar-refractivity contribution in [3.63, 3.8) is 0 Å². The van der Waals surface area contributed by atoms with Crippen molar-refractivity contribution in [2.75, 3.05) is 5.32 Å². The molecule has 8 heteroatoms. The van der Waals surface area contributed by atoms with Crippen molar-refractivity contribution < 1.29 is 4.92 Å². The van der Waals surface area contributed by atoms with Gasteiger partial charge in [0.05, 0.1) is 17.2 Å². The second kappa shape index (κ2) is 5.81. The van der Waals surface area contributed by atoms with Crippen LogP contribution in [0.2, 0.25) is 4.47 Å². The number of nitro groups is 1. The zero-order valence-corrected chi connectivity index (χ0v) is 12.6. The Labute approximate surface area is 125 Å². The van der Waals surface area contributed by atoms with E-state index >= 15 is 0 Å². The van der Waals surface area contributed by atoms with Crippen molar-refractivity contribution in [3.05, 3.63) is 47.4 Å². The average molecular weight is 396 g/mol. The minimum Gasteiger partial charge on any atom is -0.379 e. The molecule has 0 spiro atoms. The van der Waals surface area contributed by atoms with E-state index in [0.717, 1.165) is 14.1 Å². The fourth-order valence-electron chi connectivity index (χ4n) is 1.31. The first-order valence-corrected chi connectivity index (χ1v) is 7.11. The molecule has 0 unspecified atom stereocenters. The Hall–Kier alpha value is -0.930. The molecule has 0 saturated heterocycles. The van der Waals surface area contributed by atoms with Crippen LogP contribution >= 0.6 is 45.5 Å². The van der Waals surface area contributed by atoms with Crippen molar-refractivity contribution in [2.24, 2.45) is 0 Å². The molecule has 1 heterocycles. The van der Waals surface area contributed by atoms with E-state index in [4.69, 9.17) is 11.6 Å². The van der Waals surface area contributed by atoms with E-state index in [0.29, 0.717) is 11.0 Å². The van der Waals surface area contributed by atoms with Gasteiger partial charge in [0, 0.05) is 26.8 Å². The maximum Gasteiger partial charge on any atom is 0.271 e. The van der Waals surface area contributed by atoms with Gasteiger partial charge < -0.3 is 5.32 Å². The first-order valence-electron chi connectivity index (χ1n) is 4.84. The Bertz CT molecular complexity index is 590. The van der Waals surface area contributed by atoms with Crippen LogP contribution in [0.1, 0.15) is 4.88 Å². The van der Waals surface area contributed by atoms with E-state index in [1.807, 2.05) is 0 Å². The molecule has 0 aliphatic heterocycles. The SMILES string of the molecule is O=[N+]([O-])c1ccc(I)c(NCc2cnc(Cl)s2)c1. The lowest BCUT2D eigenvalue weighted by molar-refractivity contribution is -0.384. The summed E-state index contributed by atoms with van der Waals surface area (Å²) in [5.74, 6) is 0. The highest BCUT2D eigenvalue weighted by molar-refractivity contribution is 14.1. The van der Waals surface area contributed by atoms with Gasteiger partial charge in [0.1, 0.15) is 0 Å². The molecule has 18 heavy (non-hydrogen) atoms. The van der Waals surface area contributed by atoms with Gasteiger partial charge in [-0.2, -0.15) is 0 Å². The molecule has 5 nitrogen and oxygen atoms in total. The van der Waals surface area contributed by atoms with Crippen molar-refractivity contribution in [2.45, 2.75) is 6.54 Å². The molecule has 94 valence electrons. The minimum absolute atomic E-state index is 0.0697. The quantitative estimate of drug-likeness (QED) is 0.484. The maximum absolute atomic E-state index is 10.7. The number of nitrogens with one attached hydrogen (secondary N) is 1. The van der Waals surface area contributed by atoms with Gasteiger partial charge in [-0.3, -0.25) is 10.1 Å². The van der Waals surface area contributed by atoms with E-state index in [2.05, 4.69) is 32.9 Å². The second-order valence-corrected chi connectivity index (χ2v) is 6.21. The summed E-state index contributed by atoms with van der Waals surface area (Å²) in [5, 5.41) is 13.8. The standard InChI is InChI=1S/C10H7ClIN3O2S/c11-10-14-5-7(18-10)4-13-9-3-6(15(16)17)1-2-8(9)12/h1-3,5,13H,4H2. The molecular formula is C10H7ClIN3O2S. The lowest BCUT2D eigenvalue weighted by Gasteiger charge is -2.06. The molecule has 0 aliphatic carbocycles. The first kappa shape index (κ1) is 13.5. The molecule has 0 fully saturated rings. The summed E-state index contributed by atoms with van der Waals surface area (Å²) >= 11 is 9.23. The van der Waals surface area contributed by atoms with Crippen molar-refractivity contribution in [1.29, 1.82) is 0 Å². The van der Waals surface area contributed by atoms with E-state index in [1.54, 1.807) is 12.3 Å². The molecule has 2 rings (SSSR count). The predicted molar refractivity (Wildman–Crippen MR) is 80.3 cm³/mol. The van der Waals surface area contributed by atoms with Gasteiger partial charge in [-0.25, -0.2) is 4.98 Å². The fraction of sp³-hybridized carbons (Fsp3) is 0.100. The summed E-state index contributed by atoms with van der Waals surface area (Å²) < 4.78 is 1.41. The molecule has 0 aliphatic rings. The molecule has 1 aromatic heterocycles. The van der Waals surface area contributed by atoms with Crippen LogP contribution in [0.3, 0.4) is 0 Å². The number of benzene rings is 1. The summed E-state index contributed by atoms with van der Waals surface area (Å²) in [4.78, 5) is 15.2. The van der Waals surface area contributed by atoms with E-state index in [-0.39, 0.29) is 5.69 Å². The maximum atomic E-state index is 10.7. The van der Waals surface area contributed by atoms with Gasteiger partial charge in [0.25, 0.3) is 5.69 Å². The Morgan fingerprint density at radius 2 is 2.33 bits per heavy atom. The van der Waals surface area contributed by atoms with Crippen molar-refractivity contribution >= 4 is 56.9 Å². The molecule has 2 aromatic rings. The largest absolute Gasteiger partial charge is 0.379 e. The van der Waals surface area contributed by atoms with E-state index in [9.17, 15) is 10.1 Å². The van der Waals surface area contributed by atoms with E-state index in [1.165, 1.54) is 23.5 Å². The third kappa shape index (κ3) is 3.30. The van der Waals surface area contributed by atoms with Gasteiger partial charge in [-0.15, -0.1) is 11.3 Å². The third-order valence-corrected chi connectivity index (χ3v) is 4.19. The molecular weight excluding hydrogens is 389 g/mol. The summed E-state index contributed by atoms with van der Waals surface area (Å²) in [6.07, 6.45) is 1.68. The second-order valence-electron chi connectivity index (χ2n) is 3.35. The smallest absolute Gasteiger partial charge is 0.271 e. The highest BCUT2D eigenvalue weighted by atomic mass is 127. The molecule has 0 atom stereocenters. The molecule has 0 radical (unpaired) electrons. The zero-order chi connectivity index (χ0) is 13.1. The number of non-ortho nitro benzene ring substituents is 1. The van der Waals surface area contributed by atoms with Crippen LogP contribution in [-0.2, 0) is 6.54 Å². The number of aromatic nitrogens is 1. The Balaban J connectivity index is 2.13. The van der Waals surface area contributed by atoms with Crippen LogP contribution in [0.4, 0.5) is 11.4 Å². The third-order valence-electron chi connectivity index (χ3n) is 2.14. The van der Waals surface area contributed by atoms with E-state index < -0.39 is 4.92 Å². The fourth-order valence-corrected chi connectivity index (χ4v) is 2.75. The molecule has 0 saturated carbocycles. The number of hydrogen-bond donors (Lipinski definition) is 1. The topological polar surface area (TPSA) is 68.1 Å². The van der Waals surface area contributed by atoms with Crippen LogP contribution in [0, 0.1) is 13.7 Å². The van der Waals surface area contributed by atoms with Crippen LogP contribution in [-0.4, -0.2) is 9.91 Å². The number of halogens is 2. The number of nitro benzene ring substituents is 1. The Morgan fingerprint density at radius 1 is 1.56 bits per heavy atom. The number of rotatable bonds is 4. The Kier molecular flexibility index (Phi) is 4.36. The summed E-state index contributed by atoms with van der Waals surface area (Å²) in [7, 11) is 0. The number of nitrogens with zero attached hydrogens (tertiary/aromatic N) is 2. The monoisotopic (exact) mass is 395 g/mol. The number of hydrogen-bond acceptors (Lipinski definition) is 5. The van der Waals surface area contributed by atoms with Crippen molar-refractivity contribution in [1.82, 2.24) is 4.98 Å². The molecule has 0 amide bonds. The normalized spacial score (nSPS) is 10.3. The molecule has 0 bridgehead atoms. The lowest BCUT2D eigenvalue weighted by atomic mass is 10.3. The van der Waals surface area contributed by atoms with Crippen LogP contribution in [0.15, 0.2) is 24.4 Å². The van der Waals surface area contributed by atoms with Gasteiger partial charge >= 0.3 is 0 Å². The van der Waals surface area contributed by atoms with Crippen molar-refractivity contribution in [3.8, 4) is 0 Å². The Morgan fingerprint density at radius 3 is 2.94 bits per heavy atom. The van der Waals surface area contributed by atoms with Crippen LogP contribution in [0.5, 0.6) is 0 Å². The van der Waals surface area contributed by atoms with Crippen LogP contribution in [0.25, 0.3) is 0 Å². The lowest BCUT2D eigenvalue weighted by Crippen LogP contribution is -2.00. The van der Waals surface area contributed by atoms with Gasteiger partial charge in [0.2, 0.25) is 0 Å². The summed E-state index contributed by atoms with van der Waals surface area (Å²) in [6.45, 7) is 0.543. The summed E-state index contributed by atoms with van der Waals surface area (Å²) in [6, 6.07) is 4.71. The van der Waals surface area contributed by atoms with Crippen LogP contribution < -0.4 is 5.32 Å². The number of anilines is 1. The first-order chi connectivity index (χ1) is 8.56. The molecule has 1 aromatic carbocycles. The summed E-state index contributed by atoms with van der Waals surface area (Å²) in [5.41, 5.74) is 0.801.